The molecule has 1 rings (SSSR count). The van der Waals surface area contributed by atoms with Crippen molar-refractivity contribution in [1.82, 2.24) is 0 Å². The van der Waals surface area contributed by atoms with Crippen LogP contribution in [0.15, 0.2) is 23.8 Å². The number of allylic oxidation sites excluding steroid dienone is 1. The number of hydrogen-bond acceptors (Lipinski definition) is 4. The molecule has 1 aromatic carbocycles. The molecule has 0 heterocycles. The maximum absolute atomic E-state index is 10.3. The van der Waals surface area contributed by atoms with Crippen LogP contribution < -0.4 is 14.2 Å². The molecule has 21 heavy (non-hydrogen) atoms. The van der Waals surface area contributed by atoms with Gasteiger partial charge in [-0.2, -0.15) is 0 Å². The molecule has 1 atom stereocenters. The molecule has 0 aliphatic carbocycles. The van der Waals surface area contributed by atoms with Gasteiger partial charge in [0.05, 0.1) is 25.9 Å². The lowest BCUT2D eigenvalue weighted by Crippen LogP contribution is -2.05. The average Bonchev–Trinajstić information content (AvgIpc) is 2.41. The molecular formula is C17H26O4. The number of aliphatic hydroxyl groups excluding tert-OH is 1. The maximum Gasteiger partial charge on any atom is 0.203 e. The quantitative estimate of drug-likeness (QED) is 0.739. The van der Waals surface area contributed by atoms with E-state index in [0.717, 1.165) is 11.1 Å². The number of hydrogen-bond donors (Lipinski definition) is 1. The minimum absolute atomic E-state index is 0.522. The van der Waals surface area contributed by atoms with Crippen LogP contribution in [0, 0.1) is 0 Å². The van der Waals surface area contributed by atoms with E-state index in [9.17, 15) is 5.11 Å². The lowest BCUT2D eigenvalue weighted by Gasteiger charge is -2.18. The van der Waals surface area contributed by atoms with Gasteiger partial charge in [0.25, 0.3) is 0 Å². The zero-order valence-electron chi connectivity index (χ0n) is 13.6. The Kier molecular flexibility index (Phi) is 7.09. The first-order valence-electron chi connectivity index (χ1n) is 7.42. The molecule has 0 saturated carbocycles. The predicted octanol–water partition coefficient (Wildman–Crippen LogP) is 3.88. The monoisotopic (exact) mass is 294 g/mol. The molecule has 1 aromatic rings. The third-order valence-electron chi connectivity index (χ3n) is 2.76. The molecule has 4 nitrogen and oxygen atoms in total. The highest BCUT2D eigenvalue weighted by Gasteiger charge is 2.17. The van der Waals surface area contributed by atoms with Crippen LogP contribution in [0.4, 0.5) is 0 Å². The van der Waals surface area contributed by atoms with Gasteiger partial charge in [-0.3, -0.25) is 0 Å². The van der Waals surface area contributed by atoms with Crippen molar-refractivity contribution in [1.29, 1.82) is 0 Å². The molecule has 0 radical (unpaired) electrons. The van der Waals surface area contributed by atoms with Crippen molar-refractivity contribution >= 4 is 0 Å². The van der Waals surface area contributed by atoms with Gasteiger partial charge < -0.3 is 19.3 Å². The number of benzene rings is 1. The zero-order valence-corrected chi connectivity index (χ0v) is 13.6. The summed E-state index contributed by atoms with van der Waals surface area (Å²) in [5.41, 5.74) is 1.78. The van der Waals surface area contributed by atoms with E-state index in [4.69, 9.17) is 14.2 Å². The lowest BCUT2D eigenvalue weighted by atomic mass is 10.1. The molecule has 0 fully saturated rings. The molecule has 0 aromatic heterocycles. The summed E-state index contributed by atoms with van der Waals surface area (Å²) in [5, 5.41) is 10.3. The molecule has 1 N–H and O–H groups in total. The highest BCUT2D eigenvalue weighted by molar-refractivity contribution is 5.54. The molecule has 0 aliphatic heterocycles. The van der Waals surface area contributed by atoms with E-state index in [1.54, 1.807) is 18.2 Å². The van der Waals surface area contributed by atoms with Gasteiger partial charge in [-0.15, -0.1) is 0 Å². The van der Waals surface area contributed by atoms with Gasteiger partial charge in [0.15, 0.2) is 11.5 Å². The van der Waals surface area contributed by atoms with Gasteiger partial charge in [-0.25, -0.2) is 0 Å². The van der Waals surface area contributed by atoms with Gasteiger partial charge >= 0.3 is 0 Å². The Bertz CT molecular complexity index is 449. The smallest absolute Gasteiger partial charge is 0.203 e. The maximum atomic E-state index is 10.3. The molecule has 118 valence electrons. The van der Waals surface area contributed by atoms with Crippen LogP contribution >= 0.6 is 0 Å². The standard InChI is InChI=1S/C17H26O4/c1-6-19-15-10-13(14(18)9-12(4)5)11-16(20-7-2)17(15)21-8-3/h9-11,14,18H,6-8H2,1-5H3. The second kappa shape index (κ2) is 8.57. The molecular weight excluding hydrogens is 268 g/mol. The SMILES string of the molecule is CCOc1cc(C(O)C=C(C)C)cc(OCC)c1OCC. The molecule has 0 aliphatic rings. The lowest BCUT2D eigenvalue weighted by molar-refractivity contribution is 0.223. The minimum atomic E-state index is -0.691. The Morgan fingerprint density at radius 1 is 1.00 bits per heavy atom. The Labute approximate surface area is 127 Å². The van der Waals surface area contributed by atoms with Gasteiger partial charge in [0.1, 0.15) is 0 Å². The van der Waals surface area contributed by atoms with Gasteiger partial charge in [0, 0.05) is 0 Å². The van der Waals surface area contributed by atoms with E-state index in [0.29, 0.717) is 37.1 Å². The summed E-state index contributed by atoms with van der Waals surface area (Å²) in [7, 11) is 0. The van der Waals surface area contributed by atoms with Crippen molar-refractivity contribution < 1.29 is 19.3 Å². The number of ether oxygens (including phenoxy) is 3. The third kappa shape index (κ3) is 4.97. The molecule has 0 spiro atoms. The fourth-order valence-corrected chi connectivity index (χ4v) is 1.99. The molecule has 0 amide bonds. The Morgan fingerprint density at radius 2 is 1.48 bits per heavy atom. The van der Waals surface area contributed by atoms with E-state index in [1.807, 2.05) is 34.6 Å². The number of rotatable bonds is 8. The summed E-state index contributed by atoms with van der Waals surface area (Å²) >= 11 is 0. The summed E-state index contributed by atoms with van der Waals surface area (Å²) in [5.74, 6) is 1.79. The van der Waals surface area contributed by atoms with Crippen LogP contribution in [0.3, 0.4) is 0 Å². The van der Waals surface area contributed by atoms with Crippen LogP contribution in [0.25, 0.3) is 0 Å². The van der Waals surface area contributed by atoms with Crippen molar-refractivity contribution in [3.05, 3.63) is 29.3 Å². The Hall–Kier alpha value is -1.68. The normalized spacial score (nSPS) is 11.7. The van der Waals surface area contributed by atoms with E-state index < -0.39 is 6.10 Å². The second-order valence-corrected chi connectivity index (χ2v) is 4.83. The van der Waals surface area contributed by atoms with Crippen LogP contribution in [-0.4, -0.2) is 24.9 Å². The topological polar surface area (TPSA) is 47.9 Å². The van der Waals surface area contributed by atoms with Crippen LogP contribution in [-0.2, 0) is 0 Å². The minimum Gasteiger partial charge on any atom is -0.490 e. The van der Waals surface area contributed by atoms with Crippen molar-refractivity contribution in [2.24, 2.45) is 0 Å². The molecule has 0 bridgehead atoms. The van der Waals surface area contributed by atoms with Gasteiger partial charge in [-0.05, 0) is 52.3 Å². The zero-order chi connectivity index (χ0) is 15.8. The van der Waals surface area contributed by atoms with Crippen molar-refractivity contribution in [2.45, 2.75) is 40.7 Å². The number of aliphatic hydroxyl groups is 1. The first-order valence-corrected chi connectivity index (χ1v) is 7.42. The summed E-state index contributed by atoms with van der Waals surface area (Å²) < 4.78 is 16.9. The molecule has 1 unspecified atom stereocenters. The van der Waals surface area contributed by atoms with Crippen LogP contribution in [0.2, 0.25) is 0 Å². The predicted molar refractivity (Wildman–Crippen MR) is 84.3 cm³/mol. The highest BCUT2D eigenvalue weighted by atomic mass is 16.5. The summed E-state index contributed by atoms with van der Waals surface area (Å²) in [4.78, 5) is 0. The fraction of sp³-hybridized carbons (Fsp3) is 0.529. The van der Waals surface area contributed by atoms with Crippen molar-refractivity contribution in [3.63, 3.8) is 0 Å². The summed E-state index contributed by atoms with van der Waals surface area (Å²) in [6.07, 6.45) is 1.10. The largest absolute Gasteiger partial charge is 0.490 e. The summed E-state index contributed by atoms with van der Waals surface area (Å²) in [6.45, 7) is 11.2. The first kappa shape index (κ1) is 17.4. The first-order chi connectivity index (χ1) is 10.0. The molecule has 0 saturated heterocycles. The second-order valence-electron chi connectivity index (χ2n) is 4.83. The summed E-state index contributed by atoms with van der Waals surface area (Å²) in [6, 6.07) is 3.61. The average molecular weight is 294 g/mol. The van der Waals surface area contributed by atoms with E-state index in [1.165, 1.54) is 0 Å². The third-order valence-corrected chi connectivity index (χ3v) is 2.76. The van der Waals surface area contributed by atoms with Crippen molar-refractivity contribution in [3.8, 4) is 17.2 Å². The molecule has 4 heteroatoms. The van der Waals surface area contributed by atoms with E-state index >= 15 is 0 Å². The van der Waals surface area contributed by atoms with E-state index in [2.05, 4.69) is 0 Å². The fourth-order valence-electron chi connectivity index (χ4n) is 1.99. The van der Waals surface area contributed by atoms with Gasteiger partial charge in [0.2, 0.25) is 5.75 Å². The van der Waals surface area contributed by atoms with Crippen LogP contribution in [0.5, 0.6) is 17.2 Å². The van der Waals surface area contributed by atoms with Crippen LogP contribution in [0.1, 0.15) is 46.3 Å². The Balaban J connectivity index is 3.30. The van der Waals surface area contributed by atoms with Crippen molar-refractivity contribution in [2.75, 3.05) is 19.8 Å². The van der Waals surface area contributed by atoms with E-state index in [-0.39, 0.29) is 0 Å². The Morgan fingerprint density at radius 3 is 1.86 bits per heavy atom. The highest BCUT2D eigenvalue weighted by Crippen LogP contribution is 2.40. The van der Waals surface area contributed by atoms with Gasteiger partial charge in [-0.1, -0.05) is 11.6 Å².